The van der Waals surface area contributed by atoms with Gasteiger partial charge in [-0.25, -0.2) is 9.59 Å². The number of halogens is 2. The molecule has 0 saturated carbocycles. The summed E-state index contributed by atoms with van der Waals surface area (Å²) >= 11 is 9.29. The fourth-order valence-electron chi connectivity index (χ4n) is 2.10. The van der Waals surface area contributed by atoms with Gasteiger partial charge in [0.15, 0.2) is 5.03 Å². The van der Waals surface area contributed by atoms with E-state index >= 15 is 0 Å². The van der Waals surface area contributed by atoms with E-state index in [0.717, 1.165) is 0 Å². The van der Waals surface area contributed by atoms with Crippen LogP contribution in [0.25, 0.3) is 0 Å². The molecule has 136 valence electrons. The van der Waals surface area contributed by atoms with Crippen LogP contribution in [0.5, 0.6) is 0 Å². The molecule has 1 heterocycles. The first-order valence-corrected chi connectivity index (χ1v) is 8.91. The Morgan fingerprint density at radius 2 is 2.12 bits per heavy atom. The van der Waals surface area contributed by atoms with Gasteiger partial charge in [-0.1, -0.05) is 70.5 Å². The van der Waals surface area contributed by atoms with E-state index in [0.29, 0.717) is 22.2 Å². The molecule has 2 rings (SSSR count). The van der Waals surface area contributed by atoms with Crippen molar-refractivity contribution in [3.05, 3.63) is 75.9 Å². The SMILES string of the molecule is C=C/C(Br)=C(\C/C=C\C)C(=O)OC1OC(=O)C(Cl)=C1Nc1ccccc1. The van der Waals surface area contributed by atoms with Gasteiger partial charge >= 0.3 is 11.9 Å². The molecule has 1 aromatic rings. The number of carbonyl (C=O) groups is 2. The van der Waals surface area contributed by atoms with Crippen LogP contribution in [0.2, 0.25) is 0 Å². The Kier molecular flexibility index (Phi) is 7.24. The molecular weight excluding hydrogens is 422 g/mol. The van der Waals surface area contributed by atoms with Crippen molar-refractivity contribution in [3.63, 3.8) is 0 Å². The average molecular weight is 439 g/mol. The van der Waals surface area contributed by atoms with Gasteiger partial charge in [0.1, 0.15) is 5.70 Å². The molecule has 26 heavy (non-hydrogen) atoms. The minimum atomic E-state index is -1.26. The molecule has 0 amide bonds. The highest BCUT2D eigenvalue weighted by Crippen LogP contribution is 2.29. The first kappa shape index (κ1) is 20.0. The van der Waals surface area contributed by atoms with Gasteiger partial charge in [-0.3, -0.25) is 0 Å². The molecule has 7 heteroatoms. The van der Waals surface area contributed by atoms with Crippen LogP contribution in [0, 0.1) is 0 Å². The minimum absolute atomic E-state index is 0.159. The van der Waals surface area contributed by atoms with Crippen molar-refractivity contribution in [1.29, 1.82) is 0 Å². The van der Waals surface area contributed by atoms with Gasteiger partial charge in [0.2, 0.25) is 0 Å². The zero-order chi connectivity index (χ0) is 19.1. The third-order valence-electron chi connectivity index (χ3n) is 3.40. The van der Waals surface area contributed by atoms with Crippen LogP contribution in [0.4, 0.5) is 5.69 Å². The van der Waals surface area contributed by atoms with Gasteiger partial charge in [-0.05, 0) is 25.5 Å². The molecule has 1 aliphatic heterocycles. The number of cyclic esters (lactones) is 1. The summed E-state index contributed by atoms with van der Waals surface area (Å²) in [6, 6.07) is 9.04. The third kappa shape index (κ3) is 4.86. The second kappa shape index (κ2) is 9.40. The van der Waals surface area contributed by atoms with Gasteiger partial charge < -0.3 is 14.8 Å². The van der Waals surface area contributed by atoms with Crippen LogP contribution in [0.1, 0.15) is 13.3 Å². The van der Waals surface area contributed by atoms with Crippen molar-refractivity contribution in [2.45, 2.75) is 19.6 Å². The highest BCUT2D eigenvalue weighted by Gasteiger charge is 2.37. The summed E-state index contributed by atoms with van der Waals surface area (Å²) < 4.78 is 10.9. The topological polar surface area (TPSA) is 64.6 Å². The molecule has 5 nitrogen and oxygen atoms in total. The van der Waals surface area contributed by atoms with Crippen LogP contribution in [0.3, 0.4) is 0 Å². The Balaban J connectivity index is 2.22. The Labute approximate surface area is 165 Å². The maximum Gasteiger partial charge on any atom is 0.355 e. The van der Waals surface area contributed by atoms with Crippen LogP contribution >= 0.6 is 27.5 Å². The first-order valence-electron chi connectivity index (χ1n) is 7.73. The smallest absolute Gasteiger partial charge is 0.355 e. The summed E-state index contributed by atoms with van der Waals surface area (Å²) in [5.41, 5.74) is 1.20. The Hall–Kier alpha value is -2.31. The predicted molar refractivity (Wildman–Crippen MR) is 104 cm³/mol. The number of para-hydroxylation sites is 1. The maximum absolute atomic E-state index is 12.5. The molecule has 0 radical (unpaired) electrons. The second-order valence-corrected chi connectivity index (χ2v) is 6.40. The third-order valence-corrected chi connectivity index (χ3v) is 4.56. The van der Waals surface area contributed by atoms with E-state index in [9.17, 15) is 9.59 Å². The summed E-state index contributed by atoms with van der Waals surface area (Å²) in [7, 11) is 0. The van der Waals surface area contributed by atoms with E-state index in [1.807, 2.05) is 31.2 Å². The zero-order valence-electron chi connectivity index (χ0n) is 14.0. The van der Waals surface area contributed by atoms with Crippen molar-refractivity contribution in [2.24, 2.45) is 0 Å². The number of hydrogen-bond acceptors (Lipinski definition) is 5. The number of anilines is 1. The van der Waals surface area contributed by atoms with Crippen molar-refractivity contribution < 1.29 is 19.1 Å². The molecule has 1 aliphatic rings. The van der Waals surface area contributed by atoms with E-state index in [1.54, 1.807) is 18.2 Å². The number of allylic oxidation sites excluding steroid dienone is 4. The summed E-state index contributed by atoms with van der Waals surface area (Å²) in [6.07, 6.45) is 4.18. The molecule has 1 aromatic carbocycles. The van der Waals surface area contributed by atoms with Gasteiger partial charge in [0, 0.05) is 10.2 Å². The number of nitrogens with one attached hydrogen (secondary N) is 1. The van der Waals surface area contributed by atoms with Gasteiger partial charge in [0.05, 0.1) is 5.57 Å². The Bertz CT molecular complexity index is 799. The Morgan fingerprint density at radius 3 is 2.73 bits per heavy atom. The van der Waals surface area contributed by atoms with E-state index < -0.39 is 18.2 Å². The highest BCUT2D eigenvalue weighted by molar-refractivity contribution is 9.11. The molecule has 0 aliphatic carbocycles. The fourth-order valence-corrected chi connectivity index (χ4v) is 2.61. The van der Waals surface area contributed by atoms with Crippen LogP contribution in [0.15, 0.2) is 75.9 Å². The number of rotatable bonds is 7. The van der Waals surface area contributed by atoms with E-state index in [4.69, 9.17) is 21.1 Å². The molecule has 0 spiro atoms. The standard InChI is InChI=1S/C19H17BrClNO4/c1-3-5-11-13(14(20)4-2)17(23)25-19-16(15(21)18(24)26-19)22-12-9-7-6-8-10-12/h3-10,19,22H,2,11H2,1H3/b5-3-,14-13-. The molecule has 0 fully saturated rings. The van der Waals surface area contributed by atoms with E-state index in [-0.39, 0.29) is 10.7 Å². The number of esters is 2. The lowest BCUT2D eigenvalue weighted by atomic mass is 10.1. The van der Waals surface area contributed by atoms with Crippen molar-refractivity contribution in [2.75, 3.05) is 5.32 Å². The summed E-state index contributed by atoms with van der Waals surface area (Å²) in [6.45, 7) is 5.48. The first-order chi connectivity index (χ1) is 12.5. The molecule has 0 aromatic heterocycles. The van der Waals surface area contributed by atoms with E-state index in [1.165, 1.54) is 6.08 Å². The minimum Gasteiger partial charge on any atom is -0.415 e. The molecule has 0 saturated heterocycles. The van der Waals surface area contributed by atoms with Gasteiger partial charge in [0.25, 0.3) is 6.29 Å². The monoisotopic (exact) mass is 437 g/mol. The largest absolute Gasteiger partial charge is 0.415 e. The van der Waals surface area contributed by atoms with Gasteiger partial charge in [-0.2, -0.15) is 0 Å². The van der Waals surface area contributed by atoms with Crippen LogP contribution in [-0.4, -0.2) is 18.2 Å². The number of ether oxygens (including phenoxy) is 2. The quantitative estimate of drug-likeness (QED) is 0.287. The van der Waals surface area contributed by atoms with Crippen LogP contribution in [-0.2, 0) is 19.1 Å². The molecule has 1 N–H and O–H groups in total. The summed E-state index contributed by atoms with van der Waals surface area (Å²) in [5, 5.41) is 2.81. The number of benzene rings is 1. The average Bonchev–Trinajstić information content (AvgIpc) is 2.90. The summed E-state index contributed by atoms with van der Waals surface area (Å²) in [4.78, 5) is 24.3. The fraction of sp³-hybridized carbons (Fsp3) is 0.158. The predicted octanol–water partition coefficient (Wildman–Crippen LogP) is 4.78. The molecule has 1 atom stereocenters. The maximum atomic E-state index is 12.5. The molecule has 1 unspecified atom stereocenters. The lowest BCUT2D eigenvalue weighted by molar-refractivity contribution is -0.170. The number of carbonyl (C=O) groups excluding carboxylic acids is 2. The van der Waals surface area contributed by atoms with Crippen LogP contribution < -0.4 is 5.32 Å². The lowest BCUT2D eigenvalue weighted by Crippen LogP contribution is -2.25. The van der Waals surface area contributed by atoms with Crippen molar-refractivity contribution in [3.8, 4) is 0 Å². The second-order valence-electron chi connectivity index (χ2n) is 5.17. The van der Waals surface area contributed by atoms with Crippen molar-refractivity contribution in [1.82, 2.24) is 0 Å². The van der Waals surface area contributed by atoms with Gasteiger partial charge in [-0.15, -0.1) is 0 Å². The number of hydrogen-bond donors (Lipinski definition) is 1. The summed E-state index contributed by atoms with van der Waals surface area (Å²) in [5.74, 6) is -1.41. The van der Waals surface area contributed by atoms with Crippen molar-refractivity contribution >= 4 is 45.2 Å². The highest BCUT2D eigenvalue weighted by atomic mass is 79.9. The van der Waals surface area contributed by atoms with E-state index in [2.05, 4.69) is 27.8 Å². The molecule has 0 bridgehead atoms. The zero-order valence-corrected chi connectivity index (χ0v) is 16.3. The molecular formula is C19H17BrClNO4. The normalized spacial score (nSPS) is 17.8. The Morgan fingerprint density at radius 1 is 1.42 bits per heavy atom. The lowest BCUT2D eigenvalue weighted by Gasteiger charge is -2.17.